The average Bonchev–Trinajstić information content (AvgIpc) is 3.11. The largest absolute Gasteiger partial charge is 0.378 e. The number of ether oxygens (including phenoxy) is 2. The van der Waals surface area contributed by atoms with E-state index in [9.17, 15) is 0 Å². The van der Waals surface area contributed by atoms with Gasteiger partial charge in [-0.1, -0.05) is 19.3 Å². The van der Waals surface area contributed by atoms with Crippen LogP contribution in [-0.4, -0.2) is 52.0 Å². The van der Waals surface area contributed by atoms with Crippen LogP contribution in [-0.2, 0) is 16.1 Å². The Labute approximate surface area is 148 Å². The quantitative estimate of drug-likeness (QED) is 0.830. The number of piperidine rings is 1. The number of anilines is 1. The van der Waals surface area contributed by atoms with Crippen molar-refractivity contribution in [3.8, 4) is 0 Å². The summed E-state index contributed by atoms with van der Waals surface area (Å²) < 4.78 is 13.4. The smallest absolute Gasteiger partial charge is 0.254 e. The van der Waals surface area contributed by atoms with E-state index in [-0.39, 0.29) is 0 Å². The second-order valence-electron chi connectivity index (χ2n) is 7.09. The van der Waals surface area contributed by atoms with Crippen molar-refractivity contribution in [3.05, 3.63) is 18.1 Å². The Balaban J connectivity index is 1.43. The minimum absolute atomic E-state index is 0.394. The van der Waals surface area contributed by atoms with Gasteiger partial charge in [0.05, 0.1) is 24.5 Å². The van der Waals surface area contributed by atoms with E-state index in [0.717, 1.165) is 37.4 Å². The first-order valence-corrected chi connectivity index (χ1v) is 9.42. The highest BCUT2D eigenvalue weighted by Gasteiger charge is 2.25. The first kappa shape index (κ1) is 16.7. The molecule has 0 atom stereocenters. The second-order valence-corrected chi connectivity index (χ2v) is 7.09. The molecule has 3 heterocycles. The molecule has 4 rings (SSSR count). The number of rotatable bonds is 5. The lowest BCUT2D eigenvalue weighted by molar-refractivity contribution is -0.0395. The monoisotopic (exact) mass is 345 g/mol. The Hall–Kier alpha value is -1.73. The molecule has 0 spiro atoms. The highest BCUT2D eigenvalue weighted by molar-refractivity contribution is 5.47. The van der Waals surface area contributed by atoms with Gasteiger partial charge in [-0.05, 0) is 25.7 Å². The fourth-order valence-electron chi connectivity index (χ4n) is 3.99. The first-order valence-electron chi connectivity index (χ1n) is 9.42. The van der Waals surface area contributed by atoms with Crippen LogP contribution in [0.2, 0.25) is 0 Å². The Bertz CT molecular complexity index is 690. The maximum Gasteiger partial charge on any atom is 0.254 e. The molecule has 1 aliphatic heterocycles. The Kier molecular flexibility index (Phi) is 5.12. The van der Waals surface area contributed by atoms with Crippen LogP contribution < -0.4 is 4.90 Å². The number of fused-ring (bicyclic) bond motifs is 1. The van der Waals surface area contributed by atoms with Gasteiger partial charge in [-0.3, -0.25) is 0 Å². The summed E-state index contributed by atoms with van der Waals surface area (Å²) in [7, 11) is 1.68. The highest BCUT2D eigenvalue weighted by atomic mass is 16.5. The fourth-order valence-corrected chi connectivity index (χ4v) is 3.99. The van der Waals surface area contributed by atoms with Crippen molar-refractivity contribution in [2.45, 2.75) is 63.8 Å². The molecule has 0 radical (unpaired) electrons. The van der Waals surface area contributed by atoms with Crippen molar-refractivity contribution >= 4 is 11.6 Å². The molecule has 1 saturated carbocycles. The average molecular weight is 345 g/mol. The summed E-state index contributed by atoms with van der Waals surface area (Å²) in [5.41, 5.74) is 0.888. The number of hydrogen-bond donors (Lipinski definition) is 0. The molecular formula is C18H27N5O2. The standard InChI is InChI=1S/C18H27N5O2/c1-24-12-14-11-17(23-18(21-14)19-13-20-23)22-9-7-16(8-10-22)25-15-5-3-2-4-6-15/h11,13,15-16H,2-10,12H2,1H3. The van der Waals surface area contributed by atoms with Crippen molar-refractivity contribution in [3.63, 3.8) is 0 Å². The van der Waals surface area contributed by atoms with E-state index in [1.807, 2.05) is 4.52 Å². The summed E-state index contributed by atoms with van der Waals surface area (Å²) in [4.78, 5) is 11.1. The number of methoxy groups -OCH3 is 1. The van der Waals surface area contributed by atoms with Crippen LogP contribution in [0.5, 0.6) is 0 Å². The van der Waals surface area contributed by atoms with Crippen LogP contribution in [0.15, 0.2) is 12.4 Å². The predicted octanol–water partition coefficient (Wildman–Crippen LogP) is 2.59. The van der Waals surface area contributed by atoms with Crippen molar-refractivity contribution in [2.24, 2.45) is 0 Å². The summed E-state index contributed by atoms with van der Waals surface area (Å²) in [6, 6.07) is 2.06. The fraction of sp³-hybridized carbons (Fsp3) is 0.722. The van der Waals surface area contributed by atoms with Crippen LogP contribution in [0.25, 0.3) is 5.78 Å². The Morgan fingerprint density at radius 3 is 2.60 bits per heavy atom. The van der Waals surface area contributed by atoms with Crippen LogP contribution in [0, 0.1) is 0 Å². The lowest BCUT2D eigenvalue weighted by atomic mass is 9.97. The third kappa shape index (κ3) is 3.77. The lowest BCUT2D eigenvalue weighted by Crippen LogP contribution is -2.39. The Morgan fingerprint density at radius 1 is 1.08 bits per heavy atom. The predicted molar refractivity (Wildman–Crippen MR) is 94.7 cm³/mol. The third-order valence-electron chi connectivity index (χ3n) is 5.28. The summed E-state index contributed by atoms with van der Waals surface area (Å²) in [5.74, 6) is 1.68. The maximum atomic E-state index is 6.36. The normalized spacial score (nSPS) is 20.4. The van der Waals surface area contributed by atoms with Gasteiger partial charge in [-0.2, -0.15) is 14.6 Å². The molecule has 25 heavy (non-hydrogen) atoms. The summed E-state index contributed by atoms with van der Waals surface area (Å²) in [6.07, 6.45) is 11.1. The first-order chi connectivity index (χ1) is 12.3. The minimum atomic E-state index is 0.394. The van der Waals surface area contributed by atoms with Crippen LogP contribution in [0.4, 0.5) is 5.82 Å². The number of hydrogen-bond acceptors (Lipinski definition) is 6. The molecule has 7 nitrogen and oxygen atoms in total. The zero-order chi connectivity index (χ0) is 17.1. The number of aromatic nitrogens is 4. The number of nitrogens with zero attached hydrogens (tertiary/aromatic N) is 5. The SMILES string of the molecule is COCc1cc(N2CCC(OC3CCCCC3)CC2)n2ncnc2n1. The van der Waals surface area contributed by atoms with E-state index < -0.39 is 0 Å². The molecule has 0 N–H and O–H groups in total. The van der Waals surface area contributed by atoms with E-state index in [1.165, 1.54) is 32.1 Å². The molecule has 0 unspecified atom stereocenters. The van der Waals surface area contributed by atoms with Crippen LogP contribution in [0.3, 0.4) is 0 Å². The lowest BCUT2D eigenvalue weighted by Gasteiger charge is -2.36. The van der Waals surface area contributed by atoms with Gasteiger partial charge in [0.2, 0.25) is 0 Å². The van der Waals surface area contributed by atoms with E-state index in [1.54, 1.807) is 13.4 Å². The summed E-state index contributed by atoms with van der Waals surface area (Å²) in [6.45, 7) is 2.43. The van der Waals surface area contributed by atoms with Crippen LogP contribution in [0.1, 0.15) is 50.6 Å². The topological polar surface area (TPSA) is 64.8 Å². The van der Waals surface area contributed by atoms with E-state index in [0.29, 0.717) is 24.6 Å². The zero-order valence-electron chi connectivity index (χ0n) is 14.9. The zero-order valence-corrected chi connectivity index (χ0v) is 14.9. The van der Waals surface area contributed by atoms with Gasteiger partial charge in [0.25, 0.3) is 5.78 Å². The van der Waals surface area contributed by atoms with Gasteiger partial charge in [0.1, 0.15) is 12.1 Å². The van der Waals surface area contributed by atoms with Crippen molar-refractivity contribution < 1.29 is 9.47 Å². The molecule has 2 aromatic rings. The molecule has 1 saturated heterocycles. The molecule has 0 aromatic carbocycles. The molecule has 2 fully saturated rings. The van der Waals surface area contributed by atoms with Crippen LogP contribution >= 0.6 is 0 Å². The van der Waals surface area contributed by atoms with Gasteiger partial charge in [-0.25, -0.2) is 4.98 Å². The van der Waals surface area contributed by atoms with Crippen molar-refractivity contribution in [1.82, 2.24) is 19.6 Å². The minimum Gasteiger partial charge on any atom is -0.378 e. The van der Waals surface area contributed by atoms with E-state index in [2.05, 4.69) is 26.0 Å². The second kappa shape index (κ2) is 7.66. The van der Waals surface area contributed by atoms with Gasteiger partial charge < -0.3 is 14.4 Å². The van der Waals surface area contributed by atoms with Gasteiger partial charge in [-0.15, -0.1) is 0 Å². The van der Waals surface area contributed by atoms with E-state index in [4.69, 9.17) is 9.47 Å². The molecule has 1 aliphatic carbocycles. The molecule has 2 aliphatic rings. The molecule has 0 bridgehead atoms. The van der Waals surface area contributed by atoms with Gasteiger partial charge in [0, 0.05) is 26.3 Å². The van der Waals surface area contributed by atoms with E-state index >= 15 is 0 Å². The summed E-state index contributed by atoms with van der Waals surface area (Å²) in [5, 5.41) is 4.34. The summed E-state index contributed by atoms with van der Waals surface area (Å²) >= 11 is 0. The molecule has 7 heteroatoms. The molecule has 0 amide bonds. The Morgan fingerprint density at radius 2 is 1.84 bits per heavy atom. The van der Waals surface area contributed by atoms with Gasteiger partial charge >= 0.3 is 0 Å². The molecular weight excluding hydrogens is 318 g/mol. The van der Waals surface area contributed by atoms with Gasteiger partial charge in [0.15, 0.2) is 0 Å². The van der Waals surface area contributed by atoms with Crippen molar-refractivity contribution in [2.75, 3.05) is 25.1 Å². The molecule has 136 valence electrons. The highest BCUT2D eigenvalue weighted by Crippen LogP contribution is 2.27. The maximum absolute atomic E-state index is 6.36. The molecule has 2 aromatic heterocycles. The third-order valence-corrected chi connectivity index (χ3v) is 5.28. The van der Waals surface area contributed by atoms with Crippen molar-refractivity contribution in [1.29, 1.82) is 0 Å².